The summed E-state index contributed by atoms with van der Waals surface area (Å²) in [6.07, 6.45) is 8.21. The minimum atomic E-state index is 0.174. The summed E-state index contributed by atoms with van der Waals surface area (Å²) in [6.45, 7) is 4.25. The Morgan fingerprint density at radius 2 is 2.00 bits per heavy atom. The molecule has 1 aromatic rings. The number of pyridine rings is 1. The fraction of sp³-hybridized carbons (Fsp3) is 0.647. The minimum Gasteiger partial charge on any atom is -0.343 e. The predicted molar refractivity (Wildman–Crippen MR) is 82.8 cm³/mol. The summed E-state index contributed by atoms with van der Waals surface area (Å²) in [7, 11) is 1.94. The Balaban J connectivity index is 1.82. The first-order valence-electron chi connectivity index (χ1n) is 8.00. The minimum absolute atomic E-state index is 0.174. The molecule has 2 heterocycles. The molecule has 1 saturated carbocycles. The molecule has 21 heavy (non-hydrogen) atoms. The SMILES string of the molecule is Cc1ccc(CN2CC(=O)N(C)CC23CCCCC3)nc1. The number of hydrogen-bond donors (Lipinski definition) is 0. The van der Waals surface area contributed by atoms with E-state index in [1.165, 1.54) is 37.7 Å². The molecule has 114 valence electrons. The van der Waals surface area contributed by atoms with Crippen LogP contribution in [0.2, 0.25) is 0 Å². The van der Waals surface area contributed by atoms with Gasteiger partial charge in [-0.25, -0.2) is 0 Å². The van der Waals surface area contributed by atoms with E-state index < -0.39 is 0 Å². The van der Waals surface area contributed by atoms with E-state index in [2.05, 4.69) is 28.9 Å². The second kappa shape index (κ2) is 5.76. The van der Waals surface area contributed by atoms with Crippen molar-refractivity contribution in [3.05, 3.63) is 29.6 Å². The van der Waals surface area contributed by atoms with Gasteiger partial charge in [0.2, 0.25) is 5.91 Å². The number of carbonyl (C=O) groups excluding carboxylic acids is 1. The van der Waals surface area contributed by atoms with Crippen molar-refractivity contribution in [3.63, 3.8) is 0 Å². The zero-order valence-electron chi connectivity index (χ0n) is 13.1. The van der Waals surface area contributed by atoms with Crippen LogP contribution in [0.1, 0.15) is 43.4 Å². The Bertz CT molecular complexity index is 505. The van der Waals surface area contributed by atoms with Crippen molar-refractivity contribution in [2.24, 2.45) is 0 Å². The summed E-state index contributed by atoms with van der Waals surface area (Å²) in [5.41, 5.74) is 2.43. The van der Waals surface area contributed by atoms with Crippen LogP contribution >= 0.6 is 0 Å². The van der Waals surface area contributed by atoms with Crippen LogP contribution in [0.25, 0.3) is 0 Å². The van der Waals surface area contributed by atoms with E-state index in [-0.39, 0.29) is 11.4 Å². The van der Waals surface area contributed by atoms with E-state index in [4.69, 9.17) is 0 Å². The third-order valence-electron chi connectivity index (χ3n) is 5.06. The zero-order chi connectivity index (χ0) is 14.9. The van der Waals surface area contributed by atoms with Gasteiger partial charge in [-0.1, -0.05) is 25.3 Å². The van der Waals surface area contributed by atoms with Crippen molar-refractivity contribution in [1.82, 2.24) is 14.8 Å². The standard InChI is InChI=1S/C17H25N3O/c1-14-6-7-15(18-10-14)11-20-12-16(21)19(2)13-17(20)8-4-3-5-9-17/h6-7,10H,3-5,8-9,11-13H2,1-2H3. The van der Waals surface area contributed by atoms with Crippen molar-refractivity contribution in [1.29, 1.82) is 0 Å². The van der Waals surface area contributed by atoms with Crippen LogP contribution in [0.15, 0.2) is 18.3 Å². The molecule has 0 unspecified atom stereocenters. The van der Waals surface area contributed by atoms with Gasteiger partial charge < -0.3 is 4.90 Å². The first-order valence-corrected chi connectivity index (χ1v) is 8.00. The number of piperazine rings is 1. The summed E-state index contributed by atoms with van der Waals surface area (Å²) in [6, 6.07) is 4.20. The molecule has 4 heteroatoms. The molecule has 1 aliphatic carbocycles. The second-order valence-electron chi connectivity index (χ2n) is 6.72. The average molecular weight is 287 g/mol. The number of amides is 1. The van der Waals surface area contributed by atoms with E-state index in [1.807, 2.05) is 18.1 Å². The molecule has 1 amide bonds. The van der Waals surface area contributed by atoms with Gasteiger partial charge in [-0.3, -0.25) is 14.7 Å². The average Bonchev–Trinajstić information content (AvgIpc) is 2.48. The number of nitrogens with zero attached hydrogens (tertiary/aromatic N) is 3. The van der Waals surface area contributed by atoms with Crippen LogP contribution in [0, 0.1) is 6.92 Å². The van der Waals surface area contributed by atoms with Gasteiger partial charge in [-0.15, -0.1) is 0 Å². The summed E-state index contributed by atoms with van der Waals surface area (Å²) in [4.78, 5) is 21.0. The Morgan fingerprint density at radius 1 is 1.24 bits per heavy atom. The van der Waals surface area contributed by atoms with Crippen molar-refractivity contribution in [2.75, 3.05) is 20.1 Å². The van der Waals surface area contributed by atoms with Gasteiger partial charge in [0.1, 0.15) is 0 Å². The van der Waals surface area contributed by atoms with Crippen LogP contribution < -0.4 is 0 Å². The molecule has 1 aliphatic heterocycles. The maximum Gasteiger partial charge on any atom is 0.236 e. The Labute approximate surface area is 127 Å². The lowest BCUT2D eigenvalue weighted by Gasteiger charge is -2.51. The third kappa shape index (κ3) is 2.95. The van der Waals surface area contributed by atoms with Crippen molar-refractivity contribution in [3.8, 4) is 0 Å². The number of aromatic nitrogens is 1. The van der Waals surface area contributed by atoms with Gasteiger partial charge in [0.15, 0.2) is 0 Å². The summed E-state index contributed by atoms with van der Waals surface area (Å²) in [5.74, 6) is 0.235. The van der Waals surface area contributed by atoms with Gasteiger partial charge in [0, 0.05) is 31.9 Å². The van der Waals surface area contributed by atoms with Gasteiger partial charge in [-0.05, 0) is 31.4 Å². The molecule has 4 nitrogen and oxygen atoms in total. The highest BCUT2D eigenvalue weighted by molar-refractivity contribution is 5.79. The quantitative estimate of drug-likeness (QED) is 0.838. The highest BCUT2D eigenvalue weighted by Crippen LogP contribution is 2.37. The molecule has 0 N–H and O–H groups in total. The topological polar surface area (TPSA) is 36.4 Å². The maximum absolute atomic E-state index is 12.1. The fourth-order valence-corrected chi connectivity index (χ4v) is 3.78. The van der Waals surface area contributed by atoms with Gasteiger partial charge >= 0.3 is 0 Å². The number of carbonyl (C=O) groups is 1. The molecule has 1 saturated heterocycles. The number of hydrogen-bond acceptors (Lipinski definition) is 3. The molecular formula is C17H25N3O. The second-order valence-corrected chi connectivity index (χ2v) is 6.72. The predicted octanol–water partition coefficient (Wildman–Crippen LogP) is 2.37. The summed E-state index contributed by atoms with van der Waals surface area (Å²) >= 11 is 0. The first-order chi connectivity index (χ1) is 10.1. The summed E-state index contributed by atoms with van der Waals surface area (Å²) < 4.78 is 0. The highest BCUT2D eigenvalue weighted by atomic mass is 16.2. The smallest absolute Gasteiger partial charge is 0.236 e. The third-order valence-corrected chi connectivity index (χ3v) is 5.06. The van der Waals surface area contributed by atoms with E-state index in [0.29, 0.717) is 6.54 Å². The van der Waals surface area contributed by atoms with E-state index in [1.54, 1.807) is 0 Å². The molecule has 0 atom stereocenters. The molecule has 0 bridgehead atoms. The lowest BCUT2D eigenvalue weighted by molar-refractivity contribution is -0.144. The van der Waals surface area contributed by atoms with Crippen LogP contribution in [-0.4, -0.2) is 46.4 Å². The first kappa shape index (κ1) is 14.5. The molecule has 3 rings (SSSR count). The Morgan fingerprint density at radius 3 is 2.67 bits per heavy atom. The van der Waals surface area contributed by atoms with E-state index in [9.17, 15) is 4.79 Å². The van der Waals surface area contributed by atoms with Gasteiger partial charge in [0.05, 0.1) is 12.2 Å². The van der Waals surface area contributed by atoms with Gasteiger partial charge in [-0.2, -0.15) is 0 Å². The maximum atomic E-state index is 12.1. The van der Waals surface area contributed by atoms with Crippen molar-refractivity contribution in [2.45, 2.75) is 51.1 Å². The van der Waals surface area contributed by atoms with Crippen LogP contribution in [0.5, 0.6) is 0 Å². The van der Waals surface area contributed by atoms with Crippen molar-refractivity contribution >= 4 is 5.91 Å². The van der Waals surface area contributed by atoms with Crippen LogP contribution in [0.3, 0.4) is 0 Å². The summed E-state index contributed by atoms with van der Waals surface area (Å²) in [5, 5.41) is 0. The van der Waals surface area contributed by atoms with Gasteiger partial charge in [0.25, 0.3) is 0 Å². The molecule has 2 aliphatic rings. The molecule has 1 spiro atoms. The van der Waals surface area contributed by atoms with Crippen LogP contribution in [-0.2, 0) is 11.3 Å². The number of aryl methyl sites for hydroxylation is 1. The van der Waals surface area contributed by atoms with E-state index >= 15 is 0 Å². The van der Waals surface area contributed by atoms with Crippen molar-refractivity contribution < 1.29 is 4.79 Å². The Hall–Kier alpha value is -1.42. The monoisotopic (exact) mass is 287 g/mol. The molecule has 2 fully saturated rings. The highest BCUT2D eigenvalue weighted by Gasteiger charge is 2.44. The van der Waals surface area contributed by atoms with E-state index in [0.717, 1.165) is 18.8 Å². The lowest BCUT2D eigenvalue weighted by atomic mass is 9.78. The largest absolute Gasteiger partial charge is 0.343 e. The van der Waals surface area contributed by atoms with Crippen LogP contribution in [0.4, 0.5) is 0 Å². The molecule has 0 aromatic carbocycles. The lowest BCUT2D eigenvalue weighted by Crippen LogP contribution is -2.63. The molecule has 0 radical (unpaired) electrons. The molecular weight excluding hydrogens is 262 g/mol. The number of rotatable bonds is 2. The molecule has 1 aromatic heterocycles. The normalized spacial score (nSPS) is 22.8. The number of likely N-dealkylation sites (N-methyl/N-ethyl adjacent to an activating group) is 1. The Kier molecular flexibility index (Phi) is 3.98. The zero-order valence-corrected chi connectivity index (χ0v) is 13.1. The fourth-order valence-electron chi connectivity index (χ4n) is 3.78.